The predicted octanol–water partition coefficient (Wildman–Crippen LogP) is 3.67. The lowest BCUT2D eigenvalue weighted by Gasteiger charge is -2.22. The van der Waals surface area contributed by atoms with Crippen molar-refractivity contribution in [3.05, 3.63) is 0 Å². The molecule has 3 unspecified atom stereocenters. The Morgan fingerprint density at radius 2 is 2.12 bits per heavy atom. The van der Waals surface area contributed by atoms with Crippen LogP contribution in [-0.4, -0.2) is 23.0 Å². The summed E-state index contributed by atoms with van der Waals surface area (Å²) in [6.45, 7) is 10.3. The third-order valence-electron chi connectivity index (χ3n) is 3.73. The van der Waals surface area contributed by atoms with Gasteiger partial charge in [0.1, 0.15) is 0 Å². The van der Waals surface area contributed by atoms with E-state index < -0.39 is 0 Å². The van der Waals surface area contributed by atoms with Gasteiger partial charge in [-0.15, -0.1) is 0 Å². The van der Waals surface area contributed by atoms with Gasteiger partial charge in [0.15, 0.2) is 5.17 Å². The fraction of sp³-hybridized carbons (Fsp3) is 0.929. The highest BCUT2D eigenvalue weighted by Crippen LogP contribution is 2.33. The molecule has 2 rings (SSSR count). The minimum atomic E-state index is 0.420. The molecule has 1 heterocycles. The second-order valence-electron chi connectivity index (χ2n) is 6.81. The van der Waals surface area contributed by atoms with Crippen molar-refractivity contribution in [2.45, 2.75) is 64.7 Å². The van der Waals surface area contributed by atoms with Crippen molar-refractivity contribution >= 4 is 16.9 Å². The first-order valence-electron chi connectivity index (χ1n) is 6.92. The first-order chi connectivity index (χ1) is 7.94. The minimum absolute atomic E-state index is 0.420. The summed E-state index contributed by atoms with van der Waals surface area (Å²) in [6, 6.07) is 0.676. The van der Waals surface area contributed by atoms with Gasteiger partial charge in [-0.05, 0) is 30.6 Å². The molecule has 0 amide bonds. The maximum absolute atomic E-state index is 4.67. The molecule has 2 nitrogen and oxygen atoms in total. The Bertz CT molecular complexity index is 293. The Morgan fingerprint density at radius 1 is 1.35 bits per heavy atom. The van der Waals surface area contributed by atoms with Gasteiger partial charge in [-0.3, -0.25) is 4.99 Å². The van der Waals surface area contributed by atoms with E-state index in [2.05, 4.69) is 38.0 Å². The normalized spacial score (nSPS) is 33.9. The molecular formula is C14H26N2S. The molecule has 17 heavy (non-hydrogen) atoms. The zero-order chi connectivity index (χ0) is 12.5. The number of aliphatic imine (C=N–C) groups is 1. The average molecular weight is 254 g/mol. The molecule has 0 saturated heterocycles. The van der Waals surface area contributed by atoms with Crippen LogP contribution in [0.4, 0.5) is 0 Å². The van der Waals surface area contributed by atoms with Gasteiger partial charge in [-0.1, -0.05) is 45.9 Å². The second kappa shape index (κ2) is 5.21. The van der Waals surface area contributed by atoms with Crippen LogP contribution in [0.15, 0.2) is 4.99 Å². The van der Waals surface area contributed by atoms with Gasteiger partial charge in [0.2, 0.25) is 0 Å². The van der Waals surface area contributed by atoms with E-state index >= 15 is 0 Å². The lowest BCUT2D eigenvalue weighted by Crippen LogP contribution is -2.34. The molecule has 1 saturated carbocycles. The first kappa shape index (κ1) is 13.3. The fourth-order valence-electron chi connectivity index (χ4n) is 2.80. The summed E-state index contributed by atoms with van der Waals surface area (Å²) in [4.78, 5) is 4.67. The van der Waals surface area contributed by atoms with Crippen molar-refractivity contribution in [3.8, 4) is 0 Å². The Morgan fingerprint density at radius 3 is 2.71 bits per heavy atom. The monoisotopic (exact) mass is 254 g/mol. The topological polar surface area (TPSA) is 24.4 Å². The summed E-state index contributed by atoms with van der Waals surface area (Å²) in [7, 11) is 0. The number of thioether (sulfide) groups is 1. The molecule has 0 spiro atoms. The summed E-state index contributed by atoms with van der Waals surface area (Å²) < 4.78 is 0. The van der Waals surface area contributed by atoms with Crippen LogP contribution in [0.1, 0.15) is 53.4 Å². The number of hydrogen-bond acceptors (Lipinski definition) is 3. The van der Waals surface area contributed by atoms with Crippen molar-refractivity contribution in [1.82, 2.24) is 5.32 Å². The predicted molar refractivity (Wildman–Crippen MR) is 77.7 cm³/mol. The third-order valence-corrected chi connectivity index (χ3v) is 4.85. The number of nitrogens with one attached hydrogen (secondary N) is 1. The molecule has 1 N–H and O–H groups in total. The number of amidine groups is 1. The van der Waals surface area contributed by atoms with Gasteiger partial charge in [0, 0.05) is 11.3 Å². The van der Waals surface area contributed by atoms with E-state index in [1.165, 1.54) is 30.9 Å². The maximum Gasteiger partial charge on any atom is 0.157 e. The molecule has 0 aromatic heterocycles. The van der Waals surface area contributed by atoms with Crippen LogP contribution in [0.2, 0.25) is 0 Å². The Balaban J connectivity index is 1.77. The van der Waals surface area contributed by atoms with E-state index in [9.17, 15) is 0 Å². The maximum atomic E-state index is 4.67. The standard InChI is InChI=1S/C14H26N2S/c1-10-6-5-7-12(10)16-13-15-9-11(17-13)8-14(2,3)4/h10-12H,5-9H2,1-4H3,(H,15,16). The molecule has 2 aliphatic rings. The van der Waals surface area contributed by atoms with E-state index in [0.717, 1.165) is 12.5 Å². The van der Waals surface area contributed by atoms with Gasteiger partial charge >= 0.3 is 0 Å². The minimum Gasteiger partial charge on any atom is -0.362 e. The van der Waals surface area contributed by atoms with Crippen molar-refractivity contribution in [2.24, 2.45) is 16.3 Å². The first-order valence-corrected chi connectivity index (χ1v) is 7.80. The molecule has 3 atom stereocenters. The lowest BCUT2D eigenvalue weighted by atomic mass is 9.90. The molecule has 1 aliphatic carbocycles. The number of nitrogens with zero attached hydrogens (tertiary/aromatic N) is 1. The van der Waals surface area contributed by atoms with E-state index in [1.54, 1.807) is 0 Å². The van der Waals surface area contributed by atoms with E-state index in [0.29, 0.717) is 16.7 Å². The zero-order valence-corrected chi connectivity index (χ0v) is 12.4. The second-order valence-corrected chi connectivity index (χ2v) is 8.10. The van der Waals surface area contributed by atoms with E-state index in [1.807, 2.05) is 11.8 Å². The van der Waals surface area contributed by atoms with E-state index in [4.69, 9.17) is 0 Å². The Hall–Kier alpha value is -0.180. The summed E-state index contributed by atoms with van der Waals surface area (Å²) in [5.41, 5.74) is 0.420. The third kappa shape index (κ3) is 3.90. The molecule has 98 valence electrons. The number of rotatable bonds is 2. The highest BCUT2D eigenvalue weighted by molar-refractivity contribution is 8.14. The summed E-state index contributed by atoms with van der Waals surface area (Å²) in [5.74, 6) is 0.819. The molecule has 3 heteroatoms. The molecule has 0 aromatic carbocycles. The Kier molecular flexibility index (Phi) is 4.06. The van der Waals surface area contributed by atoms with Gasteiger partial charge in [-0.25, -0.2) is 0 Å². The molecular weight excluding hydrogens is 228 g/mol. The van der Waals surface area contributed by atoms with Crippen LogP contribution in [0.3, 0.4) is 0 Å². The van der Waals surface area contributed by atoms with Gasteiger partial charge in [-0.2, -0.15) is 0 Å². The summed E-state index contributed by atoms with van der Waals surface area (Å²) in [6.07, 6.45) is 5.33. The van der Waals surface area contributed by atoms with Crippen LogP contribution in [0.5, 0.6) is 0 Å². The largest absolute Gasteiger partial charge is 0.362 e. The molecule has 0 radical (unpaired) electrons. The lowest BCUT2D eigenvalue weighted by molar-refractivity contribution is 0.375. The molecule has 0 bridgehead atoms. The van der Waals surface area contributed by atoms with Crippen LogP contribution in [0.25, 0.3) is 0 Å². The van der Waals surface area contributed by atoms with Crippen molar-refractivity contribution < 1.29 is 0 Å². The van der Waals surface area contributed by atoms with Crippen molar-refractivity contribution in [1.29, 1.82) is 0 Å². The van der Waals surface area contributed by atoms with Gasteiger partial charge in [0.25, 0.3) is 0 Å². The van der Waals surface area contributed by atoms with Crippen LogP contribution in [0, 0.1) is 11.3 Å². The summed E-state index contributed by atoms with van der Waals surface area (Å²) >= 11 is 1.97. The van der Waals surface area contributed by atoms with Crippen molar-refractivity contribution in [2.75, 3.05) is 6.54 Å². The average Bonchev–Trinajstić information content (AvgIpc) is 2.76. The molecule has 1 fully saturated rings. The summed E-state index contributed by atoms with van der Waals surface area (Å²) in [5, 5.41) is 5.55. The zero-order valence-electron chi connectivity index (χ0n) is 11.6. The van der Waals surface area contributed by atoms with Crippen LogP contribution in [-0.2, 0) is 0 Å². The smallest absolute Gasteiger partial charge is 0.157 e. The molecule has 0 aromatic rings. The van der Waals surface area contributed by atoms with Crippen LogP contribution >= 0.6 is 11.8 Å². The Labute approximate surface area is 110 Å². The van der Waals surface area contributed by atoms with E-state index in [-0.39, 0.29) is 0 Å². The molecule has 1 aliphatic heterocycles. The van der Waals surface area contributed by atoms with Gasteiger partial charge < -0.3 is 5.32 Å². The fourth-order valence-corrected chi connectivity index (χ4v) is 4.22. The van der Waals surface area contributed by atoms with Gasteiger partial charge in [0.05, 0.1) is 6.54 Å². The quantitative estimate of drug-likeness (QED) is 0.813. The van der Waals surface area contributed by atoms with Crippen LogP contribution < -0.4 is 5.32 Å². The highest BCUT2D eigenvalue weighted by Gasteiger charge is 2.29. The van der Waals surface area contributed by atoms with Crippen molar-refractivity contribution in [3.63, 3.8) is 0 Å². The number of hydrogen-bond donors (Lipinski definition) is 1. The SMILES string of the molecule is CC1CCCC1NC1=NCC(CC(C)(C)C)S1. The highest BCUT2D eigenvalue weighted by atomic mass is 32.2.